The molecule has 0 aliphatic heterocycles. The molecular weight excluding hydrogens is 242 g/mol. The van der Waals surface area contributed by atoms with Crippen molar-refractivity contribution in [3.8, 4) is 0 Å². The molecule has 0 aliphatic carbocycles. The summed E-state index contributed by atoms with van der Waals surface area (Å²) in [6.07, 6.45) is 0. The van der Waals surface area contributed by atoms with E-state index in [2.05, 4.69) is 5.43 Å². The van der Waals surface area contributed by atoms with E-state index in [9.17, 15) is 8.42 Å². The van der Waals surface area contributed by atoms with Crippen LogP contribution in [0.3, 0.4) is 0 Å². The Balaban J connectivity index is 2.88. The molecule has 0 heterocycles. The van der Waals surface area contributed by atoms with Gasteiger partial charge >= 0.3 is 0 Å². The molecule has 1 rings (SSSR count). The van der Waals surface area contributed by atoms with E-state index < -0.39 is 10.0 Å². The molecule has 3 N–H and O–H groups in total. The summed E-state index contributed by atoms with van der Waals surface area (Å²) in [6.45, 7) is 0.674. The molecule has 1 aromatic rings. The van der Waals surface area contributed by atoms with Crippen molar-refractivity contribution in [2.75, 3.05) is 32.7 Å². The SMILES string of the molecule is COCCN(C)S(=O)(=O)c1ccc(NN)cc1. The molecule has 0 radical (unpaired) electrons. The van der Waals surface area contributed by atoms with E-state index in [0.717, 1.165) is 0 Å². The molecule has 96 valence electrons. The molecule has 0 amide bonds. The Labute approximate surface area is 101 Å². The Morgan fingerprint density at radius 3 is 2.41 bits per heavy atom. The Kier molecular flexibility index (Phi) is 4.88. The number of nitrogens with two attached hydrogens (primary N) is 1. The number of nitrogen functional groups attached to an aromatic ring is 1. The molecule has 7 heteroatoms. The summed E-state index contributed by atoms with van der Waals surface area (Å²) in [6, 6.07) is 6.23. The lowest BCUT2D eigenvalue weighted by Gasteiger charge is -2.16. The number of nitrogens with zero attached hydrogens (tertiary/aromatic N) is 1. The van der Waals surface area contributed by atoms with E-state index in [0.29, 0.717) is 18.8 Å². The predicted octanol–water partition coefficient (Wildman–Crippen LogP) is 0.239. The lowest BCUT2D eigenvalue weighted by molar-refractivity contribution is 0.185. The van der Waals surface area contributed by atoms with Crippen LogP contribution in [0.5, 0.6) is 0 Å². The molecule has 0 unspecified atom stereocenters. The summed E-state index contributed by atoms with van der Waals surface area (Å²) in [5, 5.41) is 0. The minimum absolute atomic E-state index is 0.232. The van der Waals surface area contributed by atoms with Crippen LogP contribution in [-0.4, -0.2) is 40.0 Å². The number of sulfonamides is 1. The number of hydrogen-bond donors (Lipinski definition) is 2. The van der Waals surface area contributed by atoms with E-state index in [-0.39, 0.29) is 4.90 Å². The smallest absolute Gasteiger partial charge is 0.242 e. The highest BCUT2D eigenvalue weighted by Crippen LogP contribution is 2.16. The predicted molar refractivity (Wildman–Crippen MR) is 65.9 cm³/mol. The number of rotatable bonds is 6. The van der Waals surface area contributed by atoms with Crippen LogP contribution in [0.25, 0.3) is 0 Å². The first-order valence-electron chi connectivity index (χ1n) is 5.04. The van der Waals surface area contributed by atoms with Crippen LogP contribution in [0.15, 0.2) is 29.2 Å². The van der Waals surface area contributed by atoms with Gasteiger partial charge in [0.05, 0.1) is 11.5 Å². The molecule has 0 saturated heterocycles. The summed E-state index contributed by atoms with van der Waals surface area (Å²) < 4.78 is 30.2. The molecule has 17 heavy (non-hydrogen) atoms. The molecule has 0 aromatic heterocycles. The van der Waals surface area contributed by atoms with Crippen LogP contribution in [0.4, 0.5) is 5.69 Å². The van der Waals surface area contributed by atoms with Gasteiger partial charge in [0.15, 0.2) is 0 Å². The van der Waals surface area contributed by atoms with E-state index in [1.807, 2.05) is 0 Å². The molecule has 0 saturated carbocycles. The molecule has 1 aromatic carbocycles. The fourth-order valence-corrected chi connectivity index (χ4v) is 2.40. The maximum atomic E-state index is 12.1. The molecule has 0 aliphatic rings. The third-order valence-corrected chi connectivity index (χ3v) is 4.21. The second-order valence-corrected chi connectivity index (χ2v) is 5.53. The molecule has 0 fully saturated rings. The van der Waals surface area contributed by atoms with Crippen molar-refractivity contribution in [3.05, 3.63) is 24.3 Å². The van der Waals surface area contributed by atoms with Crippen molar-refractivity contribution < 1.29 is 13.2 Å². The quantitative estimate of drug-likeness (QED) is 0.564. The molecule has 0 spiro atoms. The van der Waals surface area contributed by atoms with E-state index in [4.69, 9.17) is 10.6 Å². The van der Waals surface area contributed by atoms with Gasteiger partial charge in [0.1, 0.15) is 0 Å². The summed E-state index contributed by atoms with van der Waals surface area (Å²) in [5.41, 5.74) is 3.10. The van der Waals surface area contributed by atoms with Crippen molar-refractivity contribution in [1.82, 2.24) is 4.31 Å². The Bertz CT molecular complexity index is 444. The minimum atomic E-state index is -3.45. The van der Waals surface area contributed by atoms with E-state index in [1.54, 1.807) is 12.1 Å². The lowest BCUT2D eigenvalue weighted by Crippen LogP contribution is -2.30. The number of likely N-dealkylation sites (N-methyl/N-ethyl adjacent to an activating group) is 1. The van der Waals surface area contributed by atoms with Crippen molar-refractivity contribution in [1.29, 1.82) is 0 Å². The Hall–Kier alpha value is -1.15. The Morgan fingerprint density at radius 2 is 1.94 bits per heavy atom. The molecule has 0 bridgehead atoms. The number of ether oxygens (including phenoxy) is 1. The van der Waals surface area contributed by atoms with E-state index in [1.165, 1.54) is 30.6 Å². The molecule has 6 nitrogen and oxygen atoms in total. The first kappa shape index (κ1) is 13.9. The van der Waals surface area contributed by atoms with Crippen molar-refractivity contribution in [3.63, 3.8) is 0 Å². The summed E-state index contributed by atoms with van der Waals surface area (Å²) in [7, 11) is -0.404. The second-order valence-electron chi connectivity index (χ2n) is 3.49. The molecule has 0 atom stereocenters. The van der Waals surface area contributed by atoms with Crippen molar-refractivity contribution in [2.45, 2.75) is 4.90 Å². The average Bonchev–Trinajstić information content (AvgIpc) is 2.35. The fourth-order valence-electron chi connectivity index (χ4n) is 1.24. The first-order valence-corrected chi connectivity index (χ1v) is 6.48. The normalized spacial score (nSPS) is 11.8. The van der Waals surface area contributed by atoms with Crippen LogP contribution in [0.2, 0.25) is 0 Å². The maximum absolute atomic E-state index is 12.1. The topological polar surface area (TPSA) is 84.7 Å². The number of benzene rings is 1. The van der Waals surface area contributed by atoms with Gasteiger partial charge in [0.2, 0.25) is 10.0 Å². The van der Waals surface area contributed by atoms with Crippen LogP contribution in [0, 0.1) is 0 Å². The third-order valence-electron chi connectivity index (χ3n) is 2.34. The monoisotopic (exact) mass is 259 g/mol. The summed E-state index contributed by atoms with van der Waals surface area (Å²) >= 11 is 0. The second kappa shape index (κ2) is 5.97. The van der Waals surface area contributed by atoms with Gasteiger partial charge in [-0.15, -0.1) is 0 Å². The standard InChI is InChI=1S/C10H17N3O3S/c1-13(7-8-16-2)17(14,15)10-5-3-9(12-11)4-6-10/h3-6,12H,7-8,11H2,1-2H3. The highest BCUT2D eigenvalue weighted by Gasteiger charge is 2.19. The van der Waals surface area contributed by atoms with Crippen LogP contribution in [-0.2, 0) is 14.8 Å². The minimum Gasteiger partial charge on any atom is -0.383 e. The lowest BCUT2D eigenvalue weighted by atomic mass is 10.3. The number of nitrogens with one attached hydrogen (secondary N) is 1. The van der Waals surface area contributed by atoms with Gasteiger partial charge in [-0.05, 0) is 24.3 Å². The van der Waals surface area contributed by atoms with Gasteiger partial charge in [-0.25, -0.2) is 8.42 Å². The van der Waals surface area contributed by atoms with Crippen molar-refractivity contribution in [2.24, 2.45) is 5.84 Å². The number of methoxy groups -OCH3 is 1. The summed E-state index contributed by atoms with van der Waals surface area (Å²) in [4.78, 5) is 0.232. The van der Waals surface area contributed by atoms with Gasteiger partial charge in [0, 0.05) is 26.4 Å². The number of hydrogen-bond acceptors (Lipinski definition) is 5. The summed E-state index contributed by atoms with van der Waals surface area (Å²) in [5.74, 6) is 5.21. The first-order chi connectivity index (χ1) is 8.02. The van der Waals surface area contributed by atoms with Crippen molar-refractivity contribution >= 4 is 15.7 Å². The zero-order chi connectivity index (χ0) is 12.9. The van der Waals surface area contributed by atoms with Gasteiger partial charge < -0.3 is 10.2 Å². The molecular formula is C10H17N3O3S. The number of anilines is 1. The average molecular weight is 259 g/mol. The Morgan fingerprint density at radius 1 is 1.35 bits per heavy atom. The zero-order valence-corrected chi connectivity index (χ0v) is 10.7. The van der Waals surface area contributed by atoms with Gasteiger partial charge in [0.25, 0.3) is 0 Å². The van der Waals surface area contributed by atoms with Crippen LogP contribution in [0.1, 0.15) is 0 Å². The largest absolute Gasteiger partial charge is 0.383 e. The van der Waals surface area contributed by atoms with Gasteiger partial charge in [-0.3, -0.25) is 5.84 Å². The number of hydrazine groups is 1. The zero-order valence-electron chi connectivity index (χ0n) is 9.88. The van der Waals surface area contributed by atoms with Crippen LogP contribution < -0.4 is 11.3 Å². The maximum Gasteiger partial charge on any atom is 0.242 e. The fraction of sp³-hybridized carbons (Fsp3) is 0.400. The van der Waals surface area contributed by atoms with Crippen LogP contribution >= 0.6 is 0 Å². The van der Waals surface area contributed by atoms with E-state index >= 15 is 0 Å². The van der Waals surface area contributed by atoms with Gasteiger partial charge in [-0.1, -0.05) is 0 Å². The third kappa shape index (κ3) is 3.40. The van der Waals surface area contributed by atoms with Gasteiger partial charge in [-0.2, -0.15) is 4.31 Å². The highest BCUT2D eigenvalue weighted by molar-refractivity contribution is 7.89. The highest BCUT2D eigenvalue weighted by atomic mass is 32.2.